The van der Waals surface area contributed by atoms with Gasteiger partial charge in [-0.05, 0) is 32.4 Å². The number of nitrogens with two attached hydrogens (primary N) is 1. The summed E-state index contributed by atoms with van der Waals surface area (Å²) in [5, 5.41) is 2.86. The fourth-order valence-corrected chi connectivity index (χ4v) is 4.87. The lowest BCUT2D eigenvalue weighted by atomic mass is 10.1. The lowest BCUT2D eigenvalue weighted by molar-refractivity contribution is -0.0686. The number of carbonyl (C=O) groups is 1. The van der Waals surface area contributed by atoms with Crippen LogP contribution in [0, 0.1) is 0 Å². The average Bonchev–Trinajstić information content (AvgIpc) is 3.37. The van der Waals surface area contributed by atoms with Gasteiger partial charge in [-0.3, -0.25) is 24.9 Å². The van der Waals surface area contributed by atoms with Crippen molar-refractivity contribution in [3.63, 3.8) is 0 Å². The summed E-state index contributed by atoms with van der Waals surface area (Å²) >= 11 is 0. The molecular formula is C25H32N8O4. The van der Waals surface area contributed by atoms with Gasteiger partial charge in [0.2, 0.25) is 11.9 Å². The number of hydrogen-bond donors (Lipinski definition) is 2. The zero-order valence-electron chi connectivity index (χ0n) is 21.3. The lowest BCUT2D eigenvalue weighted by Crippen LogP contribution is -2.47. The van der Waals surface area contributed by atoms with Gasteiger partial charge in [-0.2, -0.15) is 0 Å². The minimum atomic E-state index is -0.397. The molecule has 12 nitrogen and oxygen atoms in total. The van der Waals surface area contributed by atoms with Crippen molar-refractivity contribution in [2.45, 2.75) is 32.5 Å². The molecule has 5 rings (SSSR count). The normalized spacial score (nSPS) is 21.0. The van der Waals surface area contributed by atoms with Crippen molar-refractivity contribution in [2.24, 2.45) is 9.98 Å². The van der Waals surface area contributed by atoms with Crippen molar-refractivity contribution in [1.82, 2.24) is 25.1 Å². The Morgan fingerprint density at radius 1 is 1.22 bits per heavy atom. The summed E-state index contributed by atoms with van der Waals surface area (Å²) < 4.78 is 17.7. The highest BCUT2D eigenvalue weighted by molar-refractivity contribution is 6.20. The second kappa shape index (κ2) is 10.7. The molecule has 0 saturated carbocycles. The van der Waals surface area contributed by atoms with Crippen LogP contribution in [0.3, 0.4) is 0 Å². The van der Waals surface area contributed by atoms with E-state index < -0.39 is 5.91 Å². The molecule has 1 aromatic carbocycles. The quantitative estimate of drug-likeness (QED) is 0.532. The first-order chi connectivity index (χ1) is 17.9. The van der Waals surface area contributed by atoms with E-state index in [4.69, 9.17) is 24.9 Å². The number of aromatic nitrogens is 2. The number of ether oxygens (including phenoxy) is 3. The Morgan fingerprint density at radius 3 is 2.70 bits per heavy atom. The highest BCUT2D eigenvalue weighted by Crippen LogP contribution is 2.43. The fraction of sp³-hybridized carbons (Fsp3) is 0.480. The molecule has 2 aromatic rings. The number of morpholine rings is 1. The van der Waals surface area contributed by atoms with E-state index in [-0.39, 0.29) is 23.7 Å². The van der Waals surface area contributed by atoms with E-state index in [2.05, 4.69) is 39.0 Å². The molecule has 2 atom stereocenters. The molecule has 1 saturated heterocycles. The van der Waals surface area contributed by atoms with Crippen LogP contribution >= 0.6 is 0 Å². The topological polar surface area (TPSA) is 140 Å². The Balaban J connectivity index is 1.32. The number of nitrogens with one attached hydrogen (secondary N) is 1. The Labute approximate surface area is 215 Å². The number of amidine groups is 1. The van der Waals surface area contributed by atoms with Gasteiger partial charge in [0.05, 0.1) is 38.0 Å². The molecule has 3 aliphatic heterocycles. The molecular weight excluding hydrogens is 476 g/mol. The molecule has 196 valence electrons. The first-order valence-corrected chi connectivity index (χ1v) is 12.4. The number of rotatable bonds is 7. The number of anilines is 1. The number of carbonyl (C=O) groups excluding carboxylic acids is 1. The fourth-order valence-electron chi connectivity index (χ4n) is 4.87. The summed E-state index contributed by atoms with van der Waals surface area (Å²) in [6.07, 6.45) is 4.10. The van der Waals surface area contributed by atoms with E-state index >= 15 is 0 Å². The number of aliphatic imine (C=N–C) groups is 2. The maximum Gasteiger partial charge on any atom is 0.261 e. The highest BCUT2D eigenvalue weighted by atomic mass is 16.5. The summed E-state index contributed by atoms with van der Waals surface area (Å²) in [5.41, 5.74) is 7.20. The summed E-state index contributed by atoms with van der Waals surface area (Å²) in [6.45, 7) is 8.72. The van der Waals surface area contributed by atoms with Gasteiger partial charge in [0.15, 0.2) is 11.5 Å². The second-order valence-electron chi connectivity index (χ2n) is 9.29. The summed E-state index contributed by atoms with van der Waals surface area (Å²) in [4.78, 5) is 34.3. The molecule has 0 radical (unpaired) electrons. The Bertz CT molecular complexity index is 1210. The van der Waals surface area contributed by atoms with Crippen molar-refractivity contribution >= 4 is 29.3 Å². The Hall–Kier alpha value is -3.77. The van der Waals surface area contributed by atoms with Crippen LogP contribution in [0.15, 0.2) is 34.5 Å². The van der Waals surface area contributed by atoms with Crippen molar-refractivity contribution in [2.75, 3.05) is 52.2 Å². The minimum Gasteiger partial charge on any atom is -0.491 e. The van der Waals surface area contributed by atoms with Crippen molar-refractivity contribution in [3.05, 3.63) is 35.7 Å². The predicted molar refractivity (Wildman–Crippen MR) is 139 cm³/mol. The van der Waals surface area contributed by atoms with Crippen LogP contribution in [0.25, 0.3) is 0 Å². The molecule has 3 N–H and O–H groups in total. The van der Waals surface area contributed by atoms with Crippen LogP contribution in [0.1, 0.15) is 36.2 Å². The van der Waals surface area contributed by atoms with Crippen LogP contribution < -0.4 is 20.5 Å². The maximum absolute atomic E-state index is 12.8. The van der Waals surface area contributed by atoms with Gasteiger partial charge in [-0.15, -0.1) is 0 Å². The van der Waals surface area contributed by atoms with Gasteiger partial charge in [-0.25, -0.2) is 15.0 Å². The van der Waals surface area contributed by atoms with Crippen molar-refractivity contribution in [1.29, 1.82) is 0 Å². The second-order valence-corrected chi connectivity index (χ2v) is 9.29. The Kier molecular flexibility index (Phi) is 7.19. The number of nitrogen functional groups attached to an aromatic ring is 1. The molecule has 0 spiro atoms. The van der Waals surface area contributed by atoms with Crippen molar-refractivity contribution < 1.29 is 19.0 Å². The van der Waals surface area contributed by atoms with Gasteiger partial charge in [0.1, 0.15) is 11.5 Å². The zero-order chi connectivity index (χ0) is 25.9. The molecule has 1 amide bonds. The molecule has 0 unspecified atom stereocenters. The molecule has 12 heteroatoms. The van der Waals surface area contributed by atoms with E-state index in [1.807, 2.05) is 17.0 Å². The van der Waals surface area contributed by atoms with Gasteiger partial charge in [-0.1, -0.05) is 0 Å². The first kappa shape index (κ1) is 24.9. The monoisotopic (exact) mass is 508 g/mol. The van der Waals surface area contributed by atoms with Gasteiger partial charge in [0, 0.05) is 44.1 Å². The third-order valence-corrected chi connectivity index (χ3v) is 6.39. The third kappa shape index (κ3) is 5.35. The number of methoxy groups -OCH3 is 1. The number of hydrogen-bond acceptors (Lipinski definition) is 11. The SMILES string of the molecule is COc1c(OCCCN2C[C@@H](C)O[C@@H](C)C2)ccc2c1N=C(NC(=O)c1cnc(N)nc1)N1CCN=C21. The summed E-state index contributed by atoms with van der Waals surface area (Å²) in [5.74, 6) is 1.89. The minimum absolute atomic E-state index is 0.0979. The van der Waals surface area contributed by atoms with E-state index in [0.29, 0.717) is 42.8 Å². The van der Waals surface area contributed by atoms with E-state index in [9.17, 15) is 4.79 Å². The van der Waals surface area contributed by atoms with E-state index in [1.165, 1.54) is 12.4 Å². The number of amides is 1. The van der Waals surface area contributed by atoms with E-state index in [1.54, 1.807) is 7.11 Å². The maximum atomic E-state index is 12.8. The predicted octanol–water partition coefficient (Wildman–Crippen LogP) is 1.44. The average molecular weight is 509 g/mol. The zero-order valence-corrected chi connectivity index (χ0v) is 21.3. The summed E-state index contributed by atoms with van der Waals surface area (Å²) in [7, 11) is 1.58. The number of benzene rings is 1. The lowest BCUT2D eigenvalue weighted by Gasteiger charge is -2.35. The van der Waals surface area contributed by atoms with Gasteiger partial charge >= 0.3 is 0 Å². The molecule has 0 aliphatic carbocycles. The highest BCUT2D eigenvalue weighted by Gasteiger charge is 2.33. The number of guanidine groups is 1. The Morgan fingerprint density at radius 2 is 1.97 bits per heavy atom. The molecule has 0 bridgehead atoms. The number of nitrogens with zero attached hydrogens (tertiary/aromatic N) is 6. The van der Waals surface area contributed by atoms with Crippen molar-refractivity contribution in [3.8, 4) is 11.5 Å². The molecule has 1 fully saturated rings. The van der Waals surface area contributed by atoms with Crippen LogP contribution in [0.4, 0.5) is 11.6 Å². The summed E-state index contributed by atoms with van der Waals surface area (Å²) in [6, 6.07) is 3.83. The standard InChI is InChI=1S/C25H32N8O4/c1-15-13-32(14-16(2)37-15)8-4-10-36-19-6-5-18-20(21(19)35-3)30-25(33-9-7-27-22(18)33)31-23(34)17-11-28-24(26)29-12-17/h5-6,11-12,15-16H,4,7-10,13-14H2,1-3H3,(H2,26,28,29)(H,30,31,34)/t15-,16+. The molecule has 3 aliphatic rings. The smallest absolute Gasteiger partial charge is 0.261 e. The van der Waals surface area contributed by atoms with Gasteiger partial charge < -0.3 is 19.9 Å². The van der Waals surface area contributed by atoms with E-state index in [0.717, 1.165) is 37.5 Å². The molecule has 1 aromatic heterocycles. The largest absolute Gasteiger partial charge is 0.491 e. The molecule has 4 heterocycles. The first-order valence-electron chi connectivity index (χ1n) is 12.4. The number of fused-ring (bicyclic) bond motifs is 3. The van der Waals surface area contributed by atoms with Crippen LogP contribution in [-0.2, 0) is 4.74 Å². The van der Waals surface area contributed by atoms with Crippen LogP contribution in [0.5, 0.6) is 11.5 Å². The van der Waals surface area contributed by atoms with Crippen LogP contribution in [-0.4, -0.2) is 96.1 Å². The van der Waals surface area contributed by atoms with Crippen LogP contribution in [0.2, 0.25) is 0 Å². The molecule has 37 heavy (non-hydrogen) atoms. The third-order valence-electron chi connectivity index (χ3n) is 6.39. The van der Waals surface area contributed by atoms with Gasteiger partial charge in [0.25, 0.3) is 5.91 Å².